The fourth-order valence-electron chi connectivity index (χ4n) is 6.92. The van der Waals surface area contributed by atoms with Gasteiger partial charge in [-0.3, -0.25) is 4.79 Å². The van der Waals surface area contributed by atoms with E-state index in [4.69, 9.17) is 10.2 Å². The Labute approximate surface area is 318 Å². The number of benzene rings is 3. The van der Waals surface area contributed by atoms with E-state index in [2.05, 4.69) is 10.5 Å². The van der Waals surface area contributed by atoms with Gasteiger partial charge in [0.25, 0.3) is 0 Å². The van der Waals surface area contributed by atoms with Crippen LogP contribution in [0.25, 0.3) is 11.0 Å². The maximum absolute atomic E-state index is 14.4. The molecule has 0 radical (unpaired) electrons. The van der Waals surface area contributed by atoms with Crippen LogP contribution >= 0.6 is 0 Å². The standard InChI is InChI=1S/C40H53N7O6S/c1-7-28(2)37(47-22-21-45(39(47)50)26-36-42-32-15-11-12-16-34(32)44(36)6)38(49)43-33(23-29-13-9-8-10-14-29)35(48)25-46(27-40(3,4)5)54(52,53)31-19-17-30(18-20-31)24-41-51/h8-20,24,28,33,35,37,48,51H,7,21-23,25-27H2,1-6H3,(H,43,49)/b41-24+/t28-,33-,35?,37-/m0/s1. The molecule has 1 aromatic heterocycles. The van der Waals surface area contributed by atoms with Crippen molar-refractivity contribution in [3.63, 3.8) is 0 Å². The van der Waals surface area contributed by atoms with Gasteiger partial charge in [-0.05, 0) is 53.1 Å². The maximum Gasteiger partial charge on any atom is 0.321 e. The average Bonchev–Trinajstić information content (AvgIpc) is 3.65. The van der Waals surface area contributed by atoms with Gasteiger partial charge in [0.1, 0.15) is 11.9 Å². The van der Waals surface area contributed by atoms with E-state index in [0.717, 1.165) is 22.4 Å². The molecule has 3 N–H and O–H groups in total. The zero-order chi connectivity index (χ0) is 39.2. The predicted octanol–water partition coefficient (Wildman–Crippen LogP) is 4.86. The van der Waals surface area contributed by atoms with Crippen molar-refractivity contribution >= 4 is 39.2 Å². The molecule has 0 aliphatic carbocycles. The van der Waals surface area contributed by atoms with Crippen molar-refractivity contribution in [2.24, 2.45) is 23.5 Å². The molecule has 4 aromatic rings. The monoisotopic (exact) mass is 759 g/mol. The molecule has 290 valence electrons. The molecule has 54 heavy (non-hydrogen) atoms. The first-order valence-electron chi connectivity index (χ1n) is 18.4. The van der Waals surface area contributed by atoms with E-state index in [1.54, 1.807) is 9.80 Å². The second kappa shape index (κ2) is 17.1. The molecule has 0 saturated carbocycles. The number of sulfonamides is 1. The maximum atomic E-state index is 14.4. The van der Waals surface area contributed by atoms with Crippen molar-refractivity contribution in [1.29, 1.82) is 0 Å². The Morgan fingerprint density at radius 3 is 2.33 bits per heavy atom. The smallest absolute Gasteiger partial charge is 0.321 e. The van der Waals surface area contributed by atoms with Crippen molar-refractivity contribution in [2.75, 3.05) is 26.2 Å². The molecule has 2 heterocycles. The Balaban J connectivity index is 1.40. The summed E-state index contributed by atoms with van der Waals surface area (Å²) in [6, 6.07) is 21.1. The Kier molecular flexibility index (Phi) is 12.8. The van der Waals surface area contributed by atoms with Crippen LogP contribution in [0.4, 0.5) is 4.79 Å². The molecule has 14 heteroatoms. The summed E-state index contributed by atoms with van der Waals surface area (Å²) in [5, 5.41) is 26.9. The second-order valence-electron chi connectivity index (χ2n) is 15.3. The lowest BCUT2D eigenvalue weighted by atomic mass is 9.94. The molecule has 3 amide bonds. The third-order valence-electron chi connectivity index (χ3n) is 9.98. The van der Waals surface area contributed by atoms with Crippen LogP contribution in [0.15, 0.2) is 88.9 Å². The number of aliphatic hydroxyl groups excluding tert-OH is 1. The zero-order valence-electron chi connectivity index (χ0n) is 32.0. The second-order valence-corrected chi connectivity index (χ2v) is 17.3. The molecule has 4 atom stereocenters. The highest BCUT2D eigenvalue weighted by Crippen LogP contribution is 2.26. The van der Waals surface area contributed by atoms with E-state index in [9.17, 15) is 23.1 Å². The van der Waals surface area contributed by atoms with Gasteiger partial charge in [-0.15, -0.1) is 0 Å². The van der Waals surface area contributed by atoms with E-state index >= 15 is 0 Å². The van der Waals surface area contributed by atoms with Crippen molar-refractivity contribution in [3.05, 3.63) is 95.8 Å². The first-order valence-corrected chi connectivity index (χ1v) is 19.8. The van der Waals surface area contributed by atoms with Gasteiger partial charge in [0, 0.05) is 33.2 Å². The number of aliphatic hydroxyl groups is 1. The highest BCUT2D eigenvalue weighted by molar-refractivity contribution is 7.89. The van der Waals surface area contributed by atoms with Crippen molar-refractivity contribution in [2.45, 2.75) is 77.1 Å². The summed E-state index contributed by atoms with van der Waals surface area (Å²) < 4.78 is 31.4. The zero-order valence-corrected chi connectivity index (χ0v) is 32.8. The summed E-state index contributed by atoms with van der Waals surface area (Å²) in [6.45, 7) is 10.5. The fourth-order valence-corrected chi connectivity index (χ4v) is 8.60. The summed E-state index contributed by atoms with van der Waals surface area (Å²) in [5.41, 5.74) is 2.71. The van der Waals surface area contributed by atoms with Gasteiger partial charge in [-0.1, -0.05) is 101 Å². The molecule has 1 fully saturated rings. The highest BCUT2D eigenvalue weighted by Gasteiger charge is 2.41. The quantitative estimate of drug-likeness (QED) is 0.0836. The predicted molar refractivity (Wildman–Crippen MR) is 209 cm³/mol. The van der Waals surface area contributed by atoms with Gasteiger partial charge < -0.3 is 30.0 Å². The number of para-hydroxylation sites is 2. The molecular weight excluding hydrogens is 707 g/mol. The summed E-state index contributed by atoms with van der Waals surface area (Å²) in [6.07, 6.45) is 0.741. The van der Waals surface area contributed by atoms with Crippen LogP contribution in [0.1, 0.15) is 58.0 Å². The van der Waals surface area contributed by atoms with Gasteiger partial charge in [0.05, 0.1) is 40.8 Å². The number of rotatable bonds is 16. The van der Waals surface area contributed by atoms with Crippen LogP contribution in [0, 0.1) is 11.3 Å². The number of amides is 3. The highest BCUT2D eigenvalue weighted by atomic mass is 32.2. The van der Waals surface area contributed by atoms with Gasteiger partial charge in [-0.25, -0.2) is 18.2 Å². The minimum atomic E-state index is -4.11. The Bertz CT molecular complexity index is 2030. The Morgan fingerprint density at radius 1 is 1.04 bits per heavy atom. The molecule has 13 nitrogen and oxygen atoms in total. The van der Waals surface area contributed by atoms with E-state index in [1.165, 1.54) is 34.8 Å². The molecule has 1 aliphatic heterocycles. The van der Waals surface area contributed by atoms with Gasteiger partial charge in [0.15, 0.2) is 0 Å². The number of hydrogen-bond donors (Lipinski definition) is 3. The van der Waals surface area contributed by atoms with E-state index in [-0.39, 0.29) is 36.4 Å². The number of nitrogens with one attached hydrogen (secondary N) is 1. The van der Waals surface area contributed by atoms with Crippen LogP contribution in [-0.2, 0) is 34.8 Å². The van der Waals surface area contributed by atoms with Crippen LogP contribution < -0.4 is 5.32 Å². The molecule has 0 bridgehead atoms. The normalized spacial score (nSPS) is 16.3. The molecule has 0 spiro atoms. The topological polar surface area (TPSA) is 161 Å². The number of imidazole rings is 1. The molecule has 1 aliphatic rings. The minimum Gasteiger partial charge on any atom is -0.411 e. The number of nitrogens with zero attached hydrogens (tertiary/aromatic N) is 6. The fraction of sp³-hybridized carbons (Fsp3) is 0.450. The van der Waals surface area contributed by atoms with Gasteiger partial charge >= 0.3 is 6.03 Å². The first kappa shape index (κ1) is 40.4. The molecule has 1 saturated heterocycles. The number of urea groups is 1. The van der Waals surface area contributed by atoms with Gasteiger partial charge in [0.2, 0.25) is 15.9 Å². The lowest BCUT2D eigenvalue weighted by Gasteiger charge is -2.35. The summed E-state index contributed by atoms with van der Waals surface area (Å²) >= 11 is 0. The minimum absolute atomic E-state index is 0.0188. The molecule has 1 unspecified atom stereocenters. The summed E-state index contributed by atoms with van der Waals surface area (Å²) in [5.74, 6) is 0.121. The van der Waals surface area contributed by atoms with E-state index in [1.807, 2.05) is 101 Å². The molecular formula is C40H53N7O6S. The van der Waals surface area contributed by atoms with Crippen LogP contribution in [-0.4, -0.2) is 105 Å². The van der Waals surface area contributed by atoms with Crippen LogP contribution in [0.5, 0.6) is 0 Å². The summed E-state index contributed by atoms with van der Waals surface area (Å²) in [7, 11) is -2.18. The van der Waals surface area contributed by atoms with E-state index in [0.29, 0.717) is 31.6 Å². The number of oxime groups is 1. The van der Waals surface area contributed by atoms with Crippen molar-refractivity contribution < 1.29 is 28.3 Å². The number of carbonyl (C=O) groups is 2. The Hall–Kier alpha value is -4.79. The first-order chi connectivity index (χ1) is 25.6. The molecule has 5 rings (SSSR count). The van der Waals surface area contributed by atoms with Crippen LogP contribution in [0.2, 0.25) is 0 Å². The molecule has 3 aromatic carbocycles. The number of aryl methyl sites for hydroxylation is 1. The SMILES string of the molecule is CC[C@H](C)[C@@H](C(=O)N[C@@H](Cc1ccccc1)C(O)CN(CC(C)(C)C)S(=O)(=O)c1ccc(/C=N/O)cc1)N1CCN(Cc2nc3ccccc3n2C)C1=O. The average molecular weight is 760 g/mol. The van der Waals surface area contributed by atoms with Gasteiger partial charge in [-0.2, -0.15) is 4.31 Å². The number of aromatic nitrogens is 2. The van der Waals surface area contributed by atoms with Crippen LogP contribution in [0.3, 0.4) is 0 Å². The summed E-state index contributed by atoms with van der Waals surface area (Å²) in [4.78, 5) is 36.5. The number of fused-ring (bicyclic) bond motifs is 1. The third kappa shape index (κ3) is 9.46. The van der Waals surface area contributed by atoms with Crippen molar-refractivity contribution in [3.8, 4) is 0 Å². The lowest BCUT2D eigenvalue weighted by Crippen LogP contribution is -2.57. The number of hydrogen-bond acceptors (Lipinski definition) is 8. The third-order valence-corrected chi connectivity index (χ3v) is 11.8. The number of carbonyl (C=O) groups excluding carboxylic acids is 2. The van der Waals surface area contributed by atoms with E-state index < -0.39 is 39.5 Å². The lowest BCUT2D eigenvalue weighted by molar-refractivity contribution is -0.128. The Morgan fingerprint density at radius 2 is 1.70 bits per heavy atom. The largest absolute Gasteiger partial charge is 0.411 e. The van der Waals surface area contributed by atoms with Crippen molar-refractivity contribution in [1.82, 2.24) is 29.0 Å².